The standard InChI is InChI=1S/C21H27N5O2/c1-14-4-7-17-18(12-14)26(24-20(17)21(22)28)19-13-15(8-10-23-19)5-6-16(27)9-11-25(2)3/h8,10,13-14,16,27H,4,7,9,11-12H2,1-3H3,(H2,22,28). The molecule has 0 aromatic carbocycles. The first-order chi connectivity index (χ1) is 13.3. The van der Waals surface area contributed by atoms with Crippen LogP contribution in [0, 0.1) is 17.8 Å². The number of hydrogen-bond donors (Lipinski definition) is 2. The summed E-state index contributed by atoms with van der Waals surface area (Å²) in [6, 6.07) is 3.62. The third-order valence-corrected chi connectivity index (χ3v) is 4.95. The van der Waals surface area contributed by atoms with E-state index in [0.29, 0.717) is 23.9 Å². The number of carbonyl (C=O) groups is 1. The average Bonchev–Trinajstić information content (AvgIpc) is 3.04. The van der Waals surface area contributed by atoms with Gasteiger partial charge in [0.15, 0.2) is 11.5 Å². The number of pyridine rings is 1. The molecule has 0 spiro atoms. The quantitative estimate of drug-likeness (QED) is 0.758. The minimum absolute atomic E-state index is 0.333. The molecule has 0 fully saturated rings. The third kappa shape index (κ3) is 4.58. The minimum atomic E-state index is -0.682. The molecule has 0 saturated carbocycles. The van der Waals surface area contributed by atoms with Crippen LogP contribution in [-0.4, -0.2) is 57.4 Å². The Morgan fingerprint density at radius 2 is 2.29 bits per heavy atom. The fraction of sp³-hybridized carbons (Fsp3) is 0.476. The molecule has 3 rings (SSSR count). The monoisotopic (exact) mass is 381 g/mol. The molecule has 28 heavy (non-hydrogen) atoms. The summed E-state index contributed by atoms with van der Waals surface area (Å²) in [5.74, 6) is 6.49. The van der Waals surface area contributed by atoms with Crippen molar-refractivity contribution in [3.63, 3.8) is 0 Å². The summed E-state index contributed by atoms with van der Waals surface area (Å²) in [4.78, 5) is 18.2. The van der Waals surface area contributed by atoms with E-state index in [-0.39, 0.29) is 0 Å². The number of fused-ring (bicyclic) bond motifs is 1. The van der Waals surface area contributed by atoms with Gasteiger partial charge in [0, 0.05) is 23.9 Å². The normalized spacial score (nSPS) is 17.0. The molecule has 1 amide bonds. The van der Waals surface area contributed by atoms with Crippen LogP contribution in [0.25, 0.3) is 5.82 Å². The van der Waals surface area contributed by atoms with Crippen LogP contribution < -0.4 is 5.73 Å². The zero-order valence-corrected chi connectivity index (χ0v) is 16.6. The van der Waals surface area contributed by atoms with Gasteiger partial charge in [0.2, 0.25) is 0 Å². The summed E-state index contributed by atoms with van der Waals surface area (Å²) in [6.45, 7) is 2.96. The van der Waals surface area contributed by atoms with Crippen LogP contribution in [0.2, 0.25) is 0 Å². The van der Waals surface area contributed by atoms with Gasteiger partial charge in [-0.15, -0.1) is 0 Å². The second-order valence-electron chi connectivity index (χ2n) is 7.68. The van der Waals surface area contributed by atoms with E-state index >= 15 is 0 Å². The maximum Gasteiger partial charge on any atom is 0.269 e. The largest absolute Gasteiger partial charge is 0.380 e. The van der Waals surface area contributed by atoms with Gasteiger partial charge < -0.3 is 15.7 Å². The van der Waals surface area contributed by atoms with Gasteiger partial charge in [-0.2, -0.15) is 5.10 Å². The first-order valence-electron chi connectivity index (χ1n) is 9.56. The number of hydrogen-bond acceptors (Lipinski definition) is 5. The zero-order chi connectivity index (χ0) is 20.3. The van der Waals surface area contributed by atoms with Gasteiger partial charge in [0.05, 0.1) is 5.69 Å². The van der Waals surface area contributed by atoms with Crippen molar-refractivity contribution in [3.05, 3.63) is 40.8 Å². The van der Waals surface area contributed by atoms with E-state index in [4.69, 9.17) is 5.73 Å². The van der Waals surface area contributed by atoms with Crippen LogP contribution in [-0.2, 0) is 12.8 Å². The smallest absolute Gasteiger partial charge is 0.269 e. The molecule has 3 N–H and O–H groups in total. The van der Waals surface area contributed by atoms with Crippen molar-refractivity contribution in [2.24, 2.45) is 11.7 Å². The minimum Gasteiger partial charge on any atom is -0.380 e. The third-order valence-electron chi connectivity index (χ3n) is 4.95. The number of carbonyl (C=O) groups excluding carboxylic acids is 1. The second-order valence-corrected chi connectivity index (χ2v) is 7.68. The van der Waals surface area contributed by atoms with E-state index in [2.05, 4.69) is 28.8 Å². The Bertz CT molecular complexity index is 923. The summed E-state index contributed by atoms with van der Waals surface area (Å²) < 4.78 is 1.72. The van der Waals surface area contributed by atoms with Crippen LogP contribution in [0.15, 0.2) is 18.3 Å². The summed E-state index contributed by atoms with van der Waals surface area (Å²) in [5.41, 5.74) is 8.54. The van der Waals surface area contributed by atoms with Crippen LogP contribution in [0.4, 0.5) is 0 Å². The molecule has 0 aliphatic heterocycles. The Morgan fingerprint density at radius 1 is 1.50 bits per heavy atom. The lowest BCUT2D eigenvalue weighted by Gasteiger charge is -2.19. The number of aliphatic hydroxyl groups excluding tert-OH is 1. The molecule has 7 heteroatoms. The number of amides is 1. The summed E-state index contributed by atoms with van der Waals surface area (Å²) in [6.07, 6.45) is 4.21. The number of primary amides is 1. The van der Waals surface area contributed by atoms with Gasteiger partial charge in [-0.05, 0) is 57.8 Å². The molecular weight excluding hydrogens is 354 g/mol. The van der Waals surface area contributed by atoms with Crippen molar-refractivity contribution in [2.45, 2.75) is 38.7 Å². The van der Waals surface area contributed by atoms with Crippen molar-refractivity contribution >= 4 is 5.91 Å². The van der Waals surface area contributed by atoms with Crippen molar-refractivity contribution in [3.8, 4) is 17.7 Å². The van der Waals surface area contributed by atoms with Crippen molar-refractivity contribution in [2.75, 3.05) is 20.6 Å². The number of rotatable bonds is 5. The number of aliphatic hydroxyl groups is 1. The van der Waals surface area contributed by atoms with Gasteiger partial charge >= 0.3 is 0 Å². The molecular formula is C21H27N5O2. The van der Waals surface area contributed by atoms with Crippen LogP contribution in [0.1, 0.15) is 47.1 Å². The molecule has 0 saturated heterocycles. The Labute approximate surface area is 165 Å². The highest BCUT2D eigenvalue weighted by Gasteiger charge is 2.27. The van der Waals surface area contributed by atoms with E-state index in [9.17, 15) is 9.90 Å². The Balaban J connectivity index is 1.90. The van der Waals surface area contributed by atoms with Crippen molar-refractivity contribution in [1.82, 2.24) is 19.7 Å². The molecule has 148 valence electrons. The molecule has 2 unspecified atom stereocenters. The predicted molar refractivity (Wildman–Crippen MR) is 107 cm³/mol. The molecule has 2 aromatic heterocycles. The van der Waals surface area contributed by atoms with Gasteiger partial charge in [-0.25, -0.2) is 9.67 Å². The Kier molecular flexibility index (Phi) is 6.12. The van der Waals surface area contributed by atoms with E-state index in [1.807, 2.05) is 25.1 Å². The summed E-state index contributed by atoms with van der Waals surface area (Å²) >= 11 is 0. The van der Waals surface area contributed by atoms with Gasteiger partial charge in [-0.1, -0.05) is 18.8 Å². The highest BCUT2D eigenvalue weighted by molar-refractivity contribution is 5.92. The second kappa shape index (κ2) is 8.55. The maximum atomic E-state index is 11.8. The fourth-order valence-corrected chi connectivity index (χ4v) is 3.40. The molecule has 2 atom stereocenters. The first-order valence-corrected chi connectivity index (χ1v) is 9.56. The summed E-state index contributed by atoms with van der Waals surface area (Å²) in [5, 5.41) is 14.5. The predicted octanol–water partition coefficient (Wildman–Crippen LogP) is 1.16. The molecule has 7 nitrogen and oxygen atoms in total. The van der Waals surface area contributed by atoms with Gasteiger partial charge in [0.1, 0.15) is 6.10 Å². The Hall–Kier alpha value is -2.69. The van der Waals surface area contributed by atoms with Crippen LogP contribution >= 0.6 is 0 Å². The maximum absolute atomic E-state index is 11.8. The van der Waals surface area contributed by atoms with Crippen LogP contribution in [0.5, 0.6) is 0 Å². The molecule has 2 heterocycles. The number of nitrogens with zero attached hydrogens (tertiary/aromatic N) is 4. The molecule has 0 bridgehead atoms. The van der Waals surface area contributed by atoms with E-state index in [1.165, 1.54) is 0 Å². The lowest BCUT2D eigenvalue weighted by Crippen LogP contribution is -2.18. The first kappa shape index (κ1) is 20.1. The molecule has 2 aromatic rings. The lowest BCUT2D eigenvalue weighted by atomic mass is 9.88. The SMILES string of the molecule is CC1CCc2c(C(N)=O)nn(-c3cc(C#CC(O)CCN(C)C)ccn3)c2C1. The van der Waals surface area contributed by atoms with Crippen molar-refractivity contribution < 1.29 is 9.90 Å². The van der Waals surface area contributed by atoms with Gasteiger partial charge in [-0.3, -0.25) is 4.79 Å². The van der Waals surface area contributed by atoms with E-state index < -0.39 is 12.0 Å². The average molecular weight is 381 g/mol. The zero-order valence-electron chi connectivity index (χ0n) is 16.6. The van der Waals surface area contributed by atoms with Gasteiger partial charge in [0.25, 0.3) is 5.91 Å². The molecule has 1 aliphatic carbocycles. The topological polar surface area (TPSA) is 97.3 Å². The number of nitrogens with two attached hydrogens (primary N) is 1. The fourth-order valence-electron chi connectivity index (χ4n) is 3.40. The lowest BCUT2D eigenvalue weighted by molar-refractivity contribution is 0.0994. The summed E-state index contributed by atoms with van der Waals surface area (Å²) in [7, 11) is 3.92. The highest BCUT2D eigenvalue weighted by Crippen LogP contribution is 2.29. The Morgan fingerprint density at radius 3 is 3.00 bits per heavy atom. The van der Waals surface area contributed by atoms with Crippen molar-refractivity contribution in [1.29, 1.82) is 0 Å². The molecule has 1 aliphatic rings. The number of aromatic nitrogens is 3. The van der Waals surface area contributed by atoms with Crippen LogP contribution in [0.3, 0.4) is 0 Å². The van der Waals surface area contributed by atoms with E-state index in [0.717, 1.165) is 42.6 Å². The molecule has 0 radical (unpaired) electrons. The highest BCUT2D eigenvalue weighted by atomic mass is 16.3. The van der Waals surface area contributed by atoms with E-state index in [1.54, 1.807) is 16.9 Å².